The molecule has 5 fully saturated rings. The number of likely N-dealkylation sites (tertiary alicyclic amines) is 1. The highest BCUT2D eigenvalue weighted by Gasteiger charge is 2.52. The molecule has 1 heterocycles. The van der Waals surface area contributed by atoms with E-state index in [1.165, 1.54) is 32.1 Å². The first kappa shape index (κ1) is 18.5. The third-order valence-electron chi connectivity index (χ3n) is 6.43. The first-order valence-electron chi connectivity index (χ1n) is 9.02. The summed E-state index contributed by atoms with van der Waals surface area (Å²) in [5.74, 6) is 0.938. The molecule has 1 aliphatic heterocycles. The van der Waals surface area contributed by atoms with Gasteiger partial charge >= 0.3 is 12.1 Å². The normalized spacial score (nSPS) is 39.8. The van der Waals surface area contributed by atoms with Gasteiger partial charge in [0.25, 0.3) is 0 Å². The molecule has 0 aromatic carbocycles. The number of aliphatic carboxylic acids is 1. The molecule has 4 saturated carbocycles. The van der Waals surface area contributed by atoms with Crippen LogP contribution in [0.3, 0.4) is 0 Å². The molecule has 142 valence electrons. The van der Waals surface area contributed by atoms with E-state index in [9.17, 15) is 18.0 Å². The van der Waals surface area contributed by atoms with Gasteiger partial charge in [-0.05, 0) is 75.2 Å². The van der Waals surface area contributed by atoms with Crippen molar-refractivity contribution in [2.24, 2.45) is 29.4 Å². The summed E-state index contributed by atoms with van der Waals surface area (Å²) in [6.07, 6.45) is 4.30. The third-order valence-corrected chi connectivity index (χ3v) is 6.43. The van der Waals surface area contributed by atoms with E-state index in [-0.39, 0.29) is 11.9 Å². The predicted octanol–water partition coefficient (Wildman–Crippen LogP) is 2.39. The third kappa shape index (κ3) is 3.78. The fourth-order valence-electron chi connectivity index (χ4n) is 5.89. The minimum absolute atomic E-state index is 0.0486. The van der Waals surface area contributed by atoms with Crippen molar-refractivity contribution < 1.29 is 27.9 Å². The molecule has 1 unspecified atom stereocenters. The van der Waals surface area contributed by atoms with E-state index in [1.54, 1.807) is 0 Å². The van der Waals surface area contributed by atoms with Crippen LogP contribution in [0.2, 0.25) is 0 Å². The standard InChI is InChI=1S/C15H24N2O.C2HF3O2/c16-15(18)13-2-1-3-17(13)14-11-5-9-4-10(7-11)8-12(14)6-9;3-2(4,5)1(6)7/h9-14H,1-8H2,(H2,16,18);(H,6,7). The van der Waals surface area contributed by atoms with Gasteiger partial charge in [0.2, 0.25) is 5.91 Å². The van der Waals surface area contributed by atoms with Crippen molar-refractivity contribution in [2.75, 3.05) is 6.54 Å². The fourth-order valence-corrected chi connectivity index (χ4v) is 5.89. The Bertz CT molecular complexity index is 510. The highest BCUT2D eigenvalue weighted by atomic mass is 19.4. The average Bonchev–Trinajstić information content (AvgIpc) is 2.95. The maximum atomic E-state index is 11.6. The molecule has 5 rings (SSSR count). The number of alkyl halides is 3. The van der Waals surface area contributed by atoms with Crippen LogP contribution >= 0.6 is 0 Å². The SMILES string of the molecule is NC(=O)C1CCCN1C1C2CC3CC(C2)CC1C3.O=C(O)C(F)(F)F. The summed E-state index contributed by atoms with van der Waals surface area (Å²) in [5.41, 5.74) is 5.60. The Morgan fingerprint density at radius 3 is 1.88 bits per heavy atom. The monoisotopic (exact) mass is 362 g/mol. The molecule has 4 aliphatic carbocycles. The van der Waals surface area contributed by atoms with Crippen LogP contribution in [-0.4, -0.2) is 46.7 Å². The number of hydrogen-bond donors (Lipinski definition) is 2. The van der Waals surface area contributed by atoms with Crippen molar-refractivity contribution >= 4 is 11.9 Å². The molecule has 1 saturated heterocycles. The number of carbonyl (C=O) groups is 2. The number of primary amides is 1. The van der Waals surface area contributed by atoms with Crippen LogP contribution < -0.4 is 5.73 Å². The van der Waals surface area contributed by atoms with Gasteiger partial charge in [-0.3, -0.25) is 9.69 Å². The molecule has 0 aromatic rings. The van der Waals surface area contributed by atoms with Crippen molar-refractivity contribution in [3.8, 4) is 0 Å². The van der Waals surface area contributed by atoms with E-state index in [2.05, 4.69) is 4.90 Å². The predicted molar refractivity (Wildman–Crippen MR) is 83.4 cm³/mol. The molecule has 25 heavy (non-hydrogen) atoms. The van der Waals surface area contributed by atoms with Crippen molar-refractivity contribution in [3.63, 3.8) is 0 Å². The van der Waals surface area contributed by atoms with Crippen molar-refractivity contribution in [1.82, 2.24) is 4.90 Å². The molecular weight excluding hydrogens is 337 g/mol. The number of carboxylic acid groups (broad SMARTS) is 1. The molecular formula is C17H25F3N2O3. The Kier molecular flexibility index (Phi) is 5.01. The minimum atomic E-state index is -5.08. The van der Waals surface area contributed by atoms with Crippen LogP contribution in [-0.2, 0) is 9.59 Å². The second-order valence-electron chi connectivity index (χ2n) is 8.02. The molecule has 0 spiro atoms. The molecule has 5 nitrogen and oxygen atoms in total. The number of nitrogens with zero attached hydrogens (tertiary/aromatic N) is 1. The molecule has 5 aliphatic rings. The van der Waals surface area contributed by atoms with E-state index in [0.717, 1.165) is 43.1 Å². The first-order chi connectivity index (χ1) is 11.7. The Morgan fingerprint density at radius 2 is 1.48 bits per heavy atom. The zero-order valence-electron chi connectivity index (χ0n) is 14.0. The summed E-state index contributed by atoms with van der Waals surface area (Å²) in [6.45, 7) is 1.11. The molecule has 1 atom stereocenters. The second kappa shape index (κ2) is 6.78. The van der Waals surface area contributed by atoms with E-state index in [1.807, 2.05) is 0 Å². The highest BCUT2D eigenvalue weighted by Crippen LogP contribution is 2.55. The maximum absolute atomic E-state index is 11.6. The second-order valence-corrected chi connectivity index (χ2v) is 8.02. The summed E-state index contributed by atoms with van der Waals surface area (Å²) >= 11 is 0. The number of amides is 1. The van der Waals surface area contributed by atoms with Gasteiger partial charge in [0.05, 0.1) is 6.04 Å². The van der Waals surface area contributed by atoms with Gasteiger partial charge in [0.1, 0.15) is 0 Å². The van der Waals surface area contributed by atoms with Crippen LogP contribution in [0.1, 0.15) is 44.9 Å². The Hall–Kier alpha value is -1.31. The summed E-state index contributed by atoms with van der Waals surface area (Å²) in [5, 5.41) is 7.12. The summed E-state index contributed by atoms with van der Waals surface area (Å²) in [6, 6.07) is 0.741. The van der Waals surface area contributed by atoms with E-state index in [4.69, 9.17) is 15.6 Å². The van der Waals surface area contributed by atoms with Gasteiger partial charge in [-0.15, -0.1) is 0 Å². The molecule has 1 amide bonds. The summed E-state index contributed by atoms with van der Waals surface area (Å²) in [4.78, 5) is 23.0. The molecule has 0 aromatic heterocycles. The maximum Gasteiger partial charge on any atom is 0.490 e. The Labute approximate surface area is 144 Å². The van der Waals surface area contributed by atoms with Gasteiger partial charge in [0.15, 0.2) is 0 Å². The number of carboxylic acids is 1. The van der Waals surface area contributed by atoms with E-state index >= 15 is 0 Å². The number of hydrogen-bond acceptors (Lipinski definition) is 3. The van der Waals surface area contributed by atoms with Crippen LogP contribution in [0.5, 0.6) is 0 Å². The topological polar surface area (TPSA) is 83.6 Å². The summed E-state index contributed by atoms with van der Waals surface area (Å²) < 4.78 is 31.7. The van der Waals surface area contributed by atoms with E-state index < -0.39 is 12.1 Å². The van der Waals surface area contributed by atoms with Crippen molar-refractivity contribution in [3.05, 3.63) is 0 Å². The van der Waals surface area contributed by atoms with Gasteiger partial charge in [-0.25, -0.2) is 4.79 Å². The van der Waals surface area contributed by atoms with Crippen LogP contribution in [0, 0.1) is 23.7 Å². The van der Waals surface area contributed by atoms with Gasteiger partial charge < -0.3 is 10.8 Å². The lowest BCUT2D eigenvalue weighted by Crippen LogP contribution is -2.58. The molecule has 0 radical (unpaired) electrons. The molecule has 4 bridgehead atoms. The largest absolute Gasteiger partial charge is 0.490 e. The first-order valence-corrected chi connectivity index (χ1v) is 9.02. The lowest BCUT2D eigenvalue weighted by Gasteiger charge is -2.57. The summed E-state index contributed by atoms with van der Waals surface area (Å²) in [7, 11) is 0. The Morgan fingerprint density at radius 1 is 1.00 bits per heavy atom. The van der Waals surface area contributed by atoms with Gasteiger partial charge in [-0.1, -0.05) is 0 Å². The van der Waals surface area contributed by atoms with Crippen molar-refractivity contribution in [1.29, 1.82) is 0 Å². The zero-order valence-corrected chi connectivity index (χ0v) is 14.0. The number of nitrogens with two attached hydrogens (primary N) is 1. The van der Waals surface area contributed by atoms with Crippen molar-refractivity contribution in [2.45, 2.75) is 63.2 Å². The minimum Gasteiger partial charge on any atom is -0.475 e. The smallest absolute Gasteiger partial charge is 0.475 e. The van der Waals surface area contributed by atoms with E-state index in [0.29, 0.717) is 6.04 Å². The quantitative estimate of drug-likeness (QED) is 0.790. The highest BCUT2D eigenvalue weighted by molar-refractivity contribution is 5.80. The fraction of sp³-hybridized carbons (Fsp3) is 0.882. The van der Waals surface area contributed by atoms with Crippen LogP contribution in [0.4, 0.5) is 13.2 Å². The zero-order chi connectivity index (χ0) is 18.4. The average molecular weight is 362 g/mol. The molecule has 3 N–H and O–H groups in total. The lowest BCUT2D eigenvalue weighted by atomic mass is 9.54. The Balaban J connectivity index is 0.000000225. The number of halogens is 3. The number of carbonyl (C=O) groups excluding carboxylic acids is 1. The van der Waals surface area contributed by atoms with Gasteiger partial charge in [-0.2, -0.15) is 13.2 Å². The molecule has 8 heteroatoms. The lowest BCUT2D eigenvalue weighted by molar-refractivity contribution is -0.192. The van der Waals surface area contributed by atoms with Gasteiger partial charge in [0, 0.05) is 6.04 Å². The van der Waals surface area contributed by atoms with Crippen LogP contribution in [0.25, 0.3) is 0 Å². The number of rotatable bonds is 2. The van der Waals surface area contributed by atoms with Crippen LogP contribution in [0.15, 0.2) is 0 Å².